The third-order valence-electron chi connectivity index (χ3n) is 3.68. The van der Waals surface area contributed by atoms with E-state index < -0.39 is 5.60 Å². The van der Waals surface area contributed by atoms with E-state index >= 15 is 0 Å². The van der Waals surface area contributed by atoms with Gasteiger partial charge in [0.05, 0.1) is 11.9 Å². The summed E-state index contributed by atoms with van der Waals surface area (Å²) in [5.41, 5.74) is 2.40. The molecule has 0 saturated heterocycles. The van der Waals surface area contributed by atoms with Gasteiger partial charge in [-0.05, 0) is 47.0 Å². The second-order valence-electron chi connectivity index (χ2n) is 5.53. The molecular formula is C17H19N3OS. The van der Waals surface area contributed by atoms with Crippen LogP contribution in [-0.4, -0.2) is 21.2 Å². The smallest absolute Gasteiger partial charge is 0.1000 e. The number of hydrogen-bond acceptors (Lipinski definition) is 4. The molecule has 1 unspecified atom stereocenters. The van der Waals surface area contributed by atoms with Crippen LogP contribution in [0.5, 0.6) is 0 Å². The molecule has 5 heteroatoms. The van der Waals surface area contributed by atoms with E-state index in [-0.39, 0.29) is 0 Å². The predicted molar refractivity (Wildman–Crippen MR) is 89.2 cm³/mol. The highest BCUT2D eigenvalue weighted by molar-refractivity contribution is 7.08. The summed E-state index contributed by atoms with van der Waals surface area (Å²) in [5, 5.41) is 17.7. The van der Waals surface area contributed by atoms with Gasteiger partial charge in [0.15, 0.2) is 0 Å². The summed E-state index contributed by atoms with van der Waals surface area (Å²) in [4.78, 5) is 4.05. The summed E-state index contributed by atoms with van der Waals surface area (Å²) >= 11 is 1.60. The van der Waals surface area contributed by atoms with Crippen molar-refractivity contribution in [1.82, 2.24) is 14.9 Å². The van der Waals surface area contributed by atoms with Crippen LogP contribution in [0.4, 0.5) is 0 Å². The van der Waals surface area contributed by atoms with Crippen LogP contribution in [0.3, 0.4) is 0 Å². The average molecular weight is 313 g/mol. The van der Waals surface area contributed by atoms with E-state index in [0.29, 0.717) is 6.54 Å². The molecule has 2 heterocycles. The highest BCUT2D eigenvalue weighted by Gasteiger charge is 2.22. The van der Waals surface area contributed by atoms with Gasteiger partial charge in [-0.25, -0.2) is 4.98 Å². The maximum Gasteiger partial charge on any atom is 0.1000 e. The van der Waals surface area contributed by atoms with E-state index in [1.165, 1.54) is 5.56 Å². The van der Waals surface area contributed by atoms with Crippen molar-refractivity contribution in [3.05, 3.63) is 70.9 Å². The molecule has 0 aliphatic rings. The van der Waals surface area contributed by atoms with Crippen LogP contribution < -0.4 is 5.32 Å². The SMILES string of the molecule is CC(O)(CNCc1ccc(-n2ccnc2)cc1)c1ccsc1. The molecule has 0 spiro atoms. The minimum absolute atomic E-state index is 0.521. The summed E-state index contributed by atoms with van der Waals surface area (Å²) in [6.07, 6.45) is 5.47. The van der Waals surface area contributed by atoms with Gasteiger partial charge in [-0.3, -0.25) is 0 Å². The Kier molecular flexibility index (Phi) is 4.38. The van der Waals surface area contributed by atoms with Crippen LogP contribution in [-0.2, 0) is 12.1 Å². The summed E-state index contributed by atoms with van der Waals surface area (Å²) in [7, 11) is 0. The van der Waals surface area contributed by atoms with Crippen molar-refractivity contribution in [3.8, 4) is 5.69 Å². The normalized spacial score (nSPS) is 13.9. The molecule has 1 atom stereocenters. The first-order chi connectivity index (χ1) is 10.6. The minimum atomic E-state index is -0.837. The summed E-state index contributed by atoms with van der Waals surface area (Å²) < 4.78 is 1.97. The van der Waals surface area contributed by atoms with Gasteiger partial charge >= 0.3 is 0 Å². The Bertz CT molecular complexity index is 688. The van der Waals surface area contributed by atoms with Crippen LogP contribution in [0.2, 0.25) is 0 Å². The van der Waals surface area contributed by atoms with E-state index in [1.54, 1.807) is 23.9 Å². The van der Waals surface area contributed by atoms with Gasteiger partial charge < -0.3 is 15.0 Å². The second kappa shape index (κ2) is 6.44. The third-order valence-corrected chi connectivity index (χ3v) is 4.36. The Balaban J connectivity index is 1.56. The first kappa shape index (κ1) is 15.0. The largest absolute Gasteiger partial charge is 0.384 e. The van der Waals surface area contributed by atoms with Crippen molar-refractivity contribution in [2.45, 2.75) is 19.1 Å². The minimum Gasteiger partial charge on any atom is -0.384 e. The highest BCUT2D eigenvalue weighted by atomic mass is 32.1. The van der Waals surface area contributed by atoms with Crippen molar-refractivity contribution >= 4 is 11.3 Å². The number of aromatic nitrogens is 2. The van der Waals surface area contributed by atoms with Crippen molar-refractivity contribution in [1.29, 1.82) is 0 Å². The molecule has 2 aromatic heterocycles. The van der Waals surface area contributed by atoms with Crippen molar-refractivity contribution in [2.75, 3.05) is 6.54 Å². The zero-order chi connectivity index (χ0) is 15.4. The molecule has 0 bridgehead atoms. The first-order valence-corrected chi connectivity index (χ1v) is 8.12. The fourth-order valence-electron chi connectivity index (χ4n) is 2.32. The summed E-state index contributed by atoms with van der Waals surface area (Å²) in [6, 6.07) is 10.3. The molecule has 114 valence electrons. The topological polar surface area (TPSA) is 50.1 Å². The molecule has 22 heavy (non-hydrogen) atoms. The lowest BCUT2D eigenvalue weighted by molar-refractivity contribution is 0.0571. The fourth-order valence-corrected chi connectivity index (χ4v) is 3.10. The average Bonchev–Trinajstić information content (AvgIpc) is 3.22. The zero-order valence-corrected chi connectivity index (χ0v) is 13.3. The third kappa shape index (κ3) is 3.44. The van der Waals surface area contributed by atoms with Crippen LogP contribution in [0.1, 0.15) is 18.1 Å². The van der Waals surface area contributed by atoms with E-state index in [2.05, 4.69) is 34.6 Å². The number of hydrogen-bond donors (Lipinski definition) is 2. The Morgan fingerprint density at radius 2 is 2.09 bits per heavy atom. The van der Waals surface area contributed by atoms with E-state index in [9.17, 15) is 5.11 Å². The van der Waals surface area contributed by atoms with E-state index in [0.717, 1.165) is 17.8 Å². The molecule has 0 amide bonds. The second-order valence-corrected chi connectivity index (χ2v) is 6.31. The van der Waals surface area contributed by atoms with Crippen LogP contribution in [0, 0.1) is 0 Å². The van der Waals surface area contributed by atoms with Crippen molar-refractivity contribution in [2.24, 2.45) is 0 Å². The number of nitrogens with one attached hydrogen (secondary N) is 1. The maximum atomic E-state index is 10.5. The monoisotopic (exact) mass is 313 g/mol. The van der Waals surface area contributed by atoms with E-state index in [4.69, 9.17) is 0 Å². The fraction of sp³-hybridized carbons (Fsp3) is 0.235. The van der Waals surface area contributed by atoms with Gasteiger partial charge in [-0.15, -0.1) is 0 Å². The molecule has 1 aromatic carbocycles. The van der Waals surface area contributed by atoms with Crippen molar-refractivity contribution < 1.29 is 5.11 Å². The van der Waals surface area contributed by atoms with Gasteiger partial charge in [0.2, 0.25) is 0 Å². The molecule has 3 aromatic rings. The summed E-state index contributed by atoms with van der Waals surface area (Å²) in [5.74, 6) is 0. The zero-order valence-electron chi connectivity index (χ0n) is 12.4. The molecule has 2 N–H and O–H groups in total. The molecule has 3 rings (SSSR count). The molecule has 0 radical (unpaired) electrons. The molecular weight excluding hydrogens is 294 g/mol. The molecule has 0 fully saturated rings. The number of aliphatic hydroxyl groups is 1. The van der Waals surface area contributed by atoms with Gasteiger partial charge in [0.25, 0.3) is 0 Å². The van der Waals surface area contributed by atoms with Crippen LogP contribution >= 0.6 is 11.3 Å². The Labute approximate surface area is 134 Å². The molecule has 4 nitrogen and oxygen atoms in total. The number of imidazole rings is 1. The lowest BCUT2D eigenvalue weighted by Gasteiger charge is -2.23. The molecule has 0 aliphatic carbocycles. The van der Waals surface area contributed by atoms with Gasteiger partial charge in [-0.2, -0.15) is 11.3 Å². The molecule has 0 aliphatic heterocycles. The van der Waals surface area contributed by atoms with Gasteiger partial charge in [0.1, 0.15) is 0 Å². The number of thiophene rings is 1. The Hall–Kier alpha value is -1.95. The number of benzene rings is 1. The lowest BCUT2D eigenvalue weighted by atomic mass is 9.99. The number of rotatable bonds is 6. The predicted octanol–water partition coefficient (Wildman–Crippen LogP) is 2.93. The highest BCUT2D eigenvalue weighted by Crippen LogP contribution is 2.22. The first-order valence-electron chi connectivity index (χ1n) is 7.18. The standard InChI is InChI=1S/C17H19N3OS/c1-17(21,15-6-9-22-11-15)12-19-10-14-2-4-16(5-3-14)20-8-7-18-13-20/h2-9,11,13,19,21H,10,12H2,1H3. The Morgan fingerprint density at radius 1 is 1.27 bits per heavy atom. The van der Waals surface area contributed by atoms with Gasteiger partial charge in [0, 0.05) is 31.2 Å². The quantitative estimate of drug-likeness (QED) is 0.735. The lowest BCUT2D eigenvalue weighted by Crippen LogP contribution is -2.34. The van der Waals surface area contributed by atoms with E-state index in [1.807, 2.05) is 34.5 Å². The molecule has 0 saturated carbocycles. The van der Waals surface area contributed by atoms with Crippen LogP contribution in [0.25, 0.3) is 5.69 Å². The Morgan fingerprint density at radius 3 is 2.73 bits per heavy atom. The van der Waals surface area contributed by atoms with Crippen molar-refractivity contribution in [3.63, 3.8) is 0 Å². The maximum absolute atomic E-state index is 10.5. The van der Waals surface area contributed by atoms with Crippen LogP contribution in [0.15, 0.2) is 59.8 Å². The van der Waals surface area contributed by atoms with Gasteiger partial charge in [-0.1, -0.05) is 12.1 Å². The summed E-state index contributed by atoms with van der Waals surface area (Å²) in [6.45, 7) is 3.09. The number of nitrogens with zero attached hydrogens (tertiary/aromatic N) is 2.